The standard InChI is InChI=1S/C17H27N/c1-3-5-6-16-11-13-18(14-12-16)17-9-7-15(4-2)8-10-17/h7-10,16H,3-6,11-14H2,1-2H3. The number of aryl methyl sites for hydroxylation is 1. The van der Waals surface area contributed by atoms with Crippen LogP contribution in [0.5, 0.6) is 0 Å². The Labute approximate surface area is 112 Å². The summed E-state index contributed by atoms with van der Waals surface area (Å²) < 4.78 is 0. The van der Waals surface area contributed by atoms with E-state index in [0.717, 1.165) is 12.3 Å². The van der Waals surface area contributed by atoms with Crippen LogP contribution >= 0.6 is 0 Å². The van der Waals surface area contributed by atoms with E-state index in [1.807, 2.05) is 0 Å². The molecule has 100 valence electrons. The van der Waals surface area contributed by atoms with Crippen molar-refractivity contribution in [1.82, 2.24) is 0 Å². The molecule has 1 heteroatoms. The van der Waals surface area contributed by atoms with E-state index in [-0.39, 0.29) is 0 Å². The number of benzene rings is 1. The van der Waals surface area contributed by atoms with E-state index >= 15 is 0 Å². The maximum atomic E-state index is 2.56. The van der Waals surface area contributed by atoms with Gasteiger partial charge in [0.05, 0.1) is 0 Å². The number of hydrogen-bond donors (Lipinski definition) is 0. The van der Waals surface area contributed by atoms with Gasteiger partial charge in [-0.1, -0.05) is 45.2 Å². The topological polar surface area (TPSA) is 3.24 Å². The lowest BCUT2D eigenvalue weighted by molar-refractivity contribution is 0.371. The largest absolute Gasteiger partial charge is 0.372 e. The molecule has 1 nitrogen and oxygen atoms in total. The van der Waals surface area contributed by atoms with Gasteiger partial charge in [0.25, 0.3) is 0 Å². The van der Waals surface area contributed by atoms with Gasteiger partial charge >= 0.3 is 0 Å². The number of piperidine rings is 1. The second-order valence-corrected chi connectivity index (χ2v) is 5.59. The quantitative estimate of drug-likeness (QED) is 0.729. The molecule has 1 saturated heterocycles. The Hall–Kier alpha value is -0.980. The summed E-state index contributed by atoms with van der Waals surface area (Å²) in [6, 6.07) is 9.15. The fraction of sp³-hybridized carbons (Fsp3) is 0.647. The minimum Gasteiger partial charge on any atom is -0.372 e. The van der Waals surface area contributed by atoms with Gasteiger partial charge < -0.3 is 4.90 Å². The minimum atomic E-state index is 0.983. The zero-order valence-electron chi connectivity index (χ0n) is 12.0. The molecule has 1 aromatic rings. The first kappa shape index (κ1) is 13.5. The Morgan fingerprint density at radius 1 is 1.06 bits per heavy atom. The molecule has 0 aromatic heterocycles. The van der Waals surface area contributed by atoms with E-state index < -0.39 is 0 Å². The molecule has 0 N–H and O–H groups in total. The first-order valence-electron chi connectivity index (χ1n) is 7.67. The highest BCUT2D eigenvalue weighted by atomic mass is 15.1. The third kappa shape index (κ3) is 3.51. The van der Waals surface area contributed by atoms with Crippen molar-refractivity contribution in [2.45, 2.75) is 52.4 Å². The van der Waals surface area contributed by atoms with Crippen LogP contribution in [0.2, 0.25) is 0 Å². The van der Waals surface area contributed by atoms with Gasteiger partial charge in [-0.05, 0) is 42.9 Å². The number of nitrogens with zero attached hydrogens (tertiary/aromatic N) is 1. The average molecular weight is 245 g/mol. The molecular formula is C17H27N. The molecule has 0 atom stereocenters. The summed E-state index contributed by atoms with van der Waals surface area (Å²) in [7, 11) is 0. The molecule has 1 aliphatic heterocycles. The Balaban J connectivity index is 1.84. The molecule has 0 aliphatic carbocycles. The van der Waals surface area contributed by atoms with E-state index in [0.29, 0.717) is 0 Å². The molecule has 0 bridgehead atoms. The van der Waals surface area contributed by atoms with Gasteiger partial charge in [0.2, 0.25) is 0 Å². The van der Waals surface area contributed by atoms with Crippen LogP contribution in [0, 0.1) is 5.92 Å². The normalized spacial score (nSPS) is 17.1. The van der Waals surface area contributed by atoms with Crippen LogP contribution in [0.1, 0.15) is 51.5 Å². The number of anilines is 1. The van der Waals surface area contributed by atoms with E-state index in [1.165, 1.54) is 56.4 Å². The Kier molecular flexibility index (Phi) is 5.10. The molecule has 1 fully saturated rings. The van der Waals surface area contributed by atoms with Crippen LogP contribution in [0.3, 0.4) is 0 Å². The number of unbranched alkanes of at least 4 members (excludes halogenated alkanes) is 1. The molecule has 0 spiro atoms. The fourth-order valence-corrected chi connectivity index (χ4v) is 2.92. The molecule has 1 aliphatic rings. The van der Waals surface area contributed by atoms with Crippen molar-refractivity contribution in [1.29, 1.82) is 0 Å². The van der Waals surface area contributed by atoms with Crippen LogP contribution in [0.4, 0.5) is 5.69 Å². The maximum absolute atomic E-state index is 2.56. The van der Waals surface area contributed by atoms with E-state index in [9.17, 15) is 0 Å². The van der Waals surface area contributed by atoms with E-state index in [2.05, 4.69) is 43.0 Å². The van der Waals surface area contributed by atoms with Gasteiger partial charge in [-0.2, -0.15) is 0 Å². The number of hydrogen-bond acceptors (Lipinski definition) is 1. The van der Waals surface area contributed by atoms with Gasteiger partial charge in [-0.15, -0.1) is 0 Å². The highest BCUT2D eigenvalue weighted by Crippen LogP contribution is 2.26. The summed E-state index contributed by atoms with van der Waals surface area (Å²) >= 11 is 0. The summed E-state index contributed by atoms with van der Waals surface area (Å²) in [5.41, 5.74) is 2.86. The van der Waals surface area contributed by atoms with Gasteiger partial charge in [0, 0.05) is 18.8 Å². The second-order valence-electron chi connectivity index (χ2n) is 5.59. The first-order valence-corrected chi connectivity index (χ1v) is 7.67. The predicted molar refractivity (Wildman–Crippen MR) is 80.3 cm³/mol. The third-order valence-corrected chi connectivity index (χ3v) is 4.29. The first-order chi connectivity index (χ1) is 8.83. The summed E-state index contributed by atoms with van der Waals surface area (Å²) in [5, 5.41) is 0. The molecule has 2 rings (SSSR count). The predicted octanol–water partition coefficient (Wildman–Crippen LogP) is 4.66. The van der Waals surface area contributed by atoms with Crippen LogP contribution < -0.4 is 4.90 Å². The monoisotopic (exact) mass is 245 g/mol. The second kappa shape index (κ2) is 6.82. The van der Waals surface area contributed by atoms with Crippen molar-refractivity contribution in [3.8, 4) is 0 Å². The van der Waals surface area contributed by atoms with E-state index in [1.54, 1.807) is 0 Å². The SMILES string of the molecule is CCCCC1CCN(c2ccc(CC)cc2)CC1. The van der Waals surface area contributed by atoms with Crippen molar-refractivity contribution in [2.24, 2.45) is 5.92 Å². The molecule has 18 heavy (non-hydrogen) atoms. The van der Waals surface area contributed by atoms with E-state index in [4.69, 9.17) is 0 Å². The highest BCUT2D eigenvalue weighted by molar-refractivity contribution is 5.47. The van der Waals surface area contributed by atoms with Gasteiger partial charge in [0.15, 0.2) is 0 Å². The molecule has 1 aromatic carbocycles. The zero-order valence-corrected chi connectivity index (χ0v) is 12.0. The Bertz CT molecular complexity index is 333. The lowest BCUT2D eigenvalue weighted by Crippen LogP contribution is -2.33. The smallest absolute Gasteiger partial charge is 0.0366 e. The zero-order chi connectivity index (χ0) is 12.8. The molecule has 1 heterocycles. The van der Waals surface area contributed by atoms with Crippen molar-refractivity contribution in [3.05, 3.63) is 29.8 Å². The van der Waals surface area contributed by atoms with Gasteiger partial charge in [-0.25, -0.2) is 0 Å². The minimum absolute atomic E-state index is 0.983. The summed E-state index contributed by atoms with van der Waals surface area (Å²) in [6.07, 6.45) is 8.11. The summed E-state index contributed by atoms with van der Waals surface area (Å²) in [5.74, 6) is 0.983. The van der Waals surface area contributed by atoms with Crippen molar-refractivity contribution in [2.75, 3.05) is 18.0 Å². The van der Waals surface area contributed by atoms with Crippen molar-refractivity contribution < 1.29 is 0 Å². The Morgan fingerprint density at radius 2 is 1.72 bits per heavy atom. The summed E-state index contributed by atoms with van der Waals surface area (Å²) in [6.45, 7) is 7.01. The van der Waals surface area contributed by atoms with Gasteiger partial charge in [-0.3, -0.25) is 0 Å². The lowest BCUT2D eigenvalue weighted by Gasteiger charge is -2.33. The van der Waals surface area contributed by atoms with Crippen molar-refractivity contribution in [3.63, 3.8) is 0 Å². The number of rotatable bonds is 5. The maximum Gasteiger partial charge on any atom is 0.0366 e. The highest BCUT2D eigenvalue weighted by Gasteiger charge is 2.18. The van der Waals surface area contributed by atoms with Crippen LogP contribution in [-0.4, -0.2) is 13.1 Å². The van der Waals surface area contributed by atoms with Crippen molar-refractivity contribution >= 4 is 5.69 Å². The Morgan fingerprint density at radius 3 is 2.28 bits per heavy atom. The summed E-state index contributed by atoms with van der Waals surface area (Å²) in [4.78, 5) is 2.56. The lowest BCUT2D eigenvalue weighted by atomic mass is 9.91. The molecule has 0 saturated carbocycles. The molecule has 0 unspecified atom stereocenters. The van der Waals surface area contributed by atoms with Gasteiger partial charge in [0.1, 0.15) is 0 Å². The average Bonchev–Trinajstić information content (AvgIpc) is 2.46. The fourth-order valence-electron chi connectivity index (χ4n) is 2.92. The molecular weight excluding hydrogens is 218 g/mol. The van der Waals surface area contributed by atoms with Crippen LogP contribution in [0.25, 0.3) is 0 Å². The van der Waals surface area contributed by atoms with Crippen LogP contribution in [0.15, 0.2) is 24.3 Å². The van der Waals surface area contributed by atoms with Crippen LogP contribution in [-0.2, 0) is 6.42 Å². The third-order valence-electron chi connectivity index (χ3n) is 4.29. The molecule has 0 amide bonds. The molecule has 0 radical (unpaired) electrons.